The molecule has 1 atom stereocenters. The molecule has 0 spiro atoms. The topological polar surface area (TPSA) is 23.6 Å². The van der Waals surface area contributed by atoms with Crippen molar-refractivity contribution < 1.29 is 9.18 Å². The fraction of sp³-hybridized carbons (Fsp3) is 0.462. The van der Waals surface area contributed by atoms with E-state index in [1.165, 1.54) is 12.1 Å². The monoisotopic (exact) mass is 268 g/mol. The first-order chi connectivity index (χ1) is 8.65. The average Bonchev–Trinajstić information content (AvgIpc) is 2.39. The van der Waals surface area contributed by atoms with Crippen molar-refractivity contribution in [2.24, 2.45) is 0 Å². The zero-order valence-electron chi connectivity index (χ0n) is 9.90. The molecule has 0 N–H and O–H groups in total. The number of hydrogen-bond acceptors (Lipinski definition) is 3. The second-order valence-electron chi connectivity index (χ2n) is 4.84. The molecule has 3 nitrogen and oxygen atoms in total. The average molecular weight is 269 g/mol. The molecule has 1 aromatic carbocycles. The maximum absolute atomic E-state index is 13.8. The Kier molecular flexibility index (Phi) is 3.09. The fourth-order valence-electron chi connectivity index (χ4n) is 2.74. The van der Waals surface area contributed by atoms with Crippen LogP contribution in [0.4, 0.5) is 4.39 Å². The molecule has 3 aliphatic rings. The highest BCUT2D eigenvalue weighted by atomic mass is 35.5. The van der Waals surface area contributed by atoms with Crippen molar-refractivity contribution in [2.45, 2.75) is 6.04 Å². The van der Waals surface area contributed by atoms with Gasteiger partial charge in [0.1, 0.15) is 5.82 Å². The number of nitrogens with zero attached hydrogens (tertiary/aromatic N) is 2. The Morgan fingerprint density at radius 2 is 2.00 bits per heavy atom. The molecule has 96 valence electrons. The standard InChI is InChI=1S/C13H14ClFN2O/c14-9-1-2-10(11(15)7-9)13(18)12-8-16-3-5-17(12)6-4-16/h1-2,7,12H,3-6,8H2. The first-order valence-corrected chi connectivity index (χ1v) is 6.48. The molecule has 1 aromatic rings. The van der Waals surface area contributed by atoms with Gasteiger partial charge in [0, 0.05) is 37.7 Å². The van der Waals surface area contributed by atoms with Gasteiger partial charge in [-0.2, -0.15) is 0 Å². The summed E-state index contributed by atoms with van der Waals surface area (Å²) in [5.74, 6) is -0.654. The van der Waals surface area contributed by atoms with Crippen LogP contribution in [-0.2, 0) is 0 Å². The lowest BCUT2D eigenvalue weighted by molar-refractivity contribution is 0.0157. The zero-order chi connectivity index (χ0) is 12.7. The summed E-state index contributed by atoms with van der Waals surface area (Å²) < 4.78 is 13.8. The number of ketones is 1. The number of fused-ring (bicyclic) bond motifs is 3. The van der Waals surface area contributed by atoms with Crippen LogP contribution in [0.1, 0.15) is 10.4 Å². The molecular weight excluding hydrogens is 255 g/mol. The van der Waals surface area contributed by atoms with Gasteiger partial charge in [-0.15, -0.1) is 0 Å². The smallest absolute Gasteiger partial charge is 0.184 e. The second-order valence-corrected chi connectivity index (χ2v) is 5.28. The van der Waals surface area contributed by atoms with Gasteiger partial charge in [0.25, 0.3) is 0 Å². The summed E-state index contributed by atoms with van der Waals surface area (Å²) in [5, 5.41) is 0.318. The van der Waals surface area contributed by atoms with Gasteiger partial charge in [0.05, 0.1) is 11.6 Å². The maximum Gasteiger partial charge on any atom is 0.184 e. The Morgan fingerprint density at radius 3 is 2.56 bits per heavy atom. The van der Waals surface area contributed by atoms with E-state index in [0.29, 0.717) is 11.6 Å². The summed E-state index contributed by atoms with van der Waals surface area (Å²) >= 11 is 5.70. The highest BCUT2D eigenvalue weighted by Crippen LogP contribution is 2.22. The molecule has 0 aromatic heterocycles. The van der Waals surface area contributed by atoms with Gasteiger partial charge in [-0.25, -0.2) is 4.39 Å². The van der Waals surface area contributed by atoms with Gasteiger partial charge in [0.2, 0.25) is 0 Å². The minimum atomic E-state index is -0.523. The Hall–Kier alpha value is -0.970. The molecule has 5 heteroatoms. The largest absolute Gasteiger partial charge is 0.299 e. The summed E-state index contributed by atoms with van der Waals surface area (Å²) in [5.41, 5.74) is 0.151. The predicted molar refractivity (Wildman–Crippen MR) is 67.5 cm³/mol. The minimum Gasteiger partial charge on any atom is -0.299 e. The molecule has 4 rings (SSSR count). The molecule has 3 fully saturated rings. The van der Waals surface area contributed by atoms with Crippen molar-refractivity contribution >= 4 is 17.4 Å². The fourth-order valence-corrected chi connectivity index (χ4v) is 2.89. The van der Waals surface area contributed by atoms with E-state index in [1.54, 1.807) is 6.07 Å². The molecule has 0 radical (unpaired) electrons. The van der Waals surface area contributed by atoms with Crippen LogP contribution in [0.3, 0.4) is 0 Å². The van der Waals surface area contributed by atoms with E-state index in [0.717, 1.165) is 26.2 Å². The molecule has 2 bridgehead atoms. The number of benzene rings is 1. The van der Waals surface area contributed by atoms with Crippen molar-refractivity contribution in [1.82, 2.24) is 9.80 Å². The first kappa shape index (κ1) is 12.1. The van der Waals surface area contributed by atoms with Crippen LogP contribution in [-0.4, -0.2) is 54.3 Å². The van der Waals surface area contributed by atoms with Crippen LogP contribution in [0.2, 0.25) is 5.02 Å². The van der Waals surface area contributed by atoms with Crippen LogP contribution in [0.15, 0.2) is 18.2 Å². The van der Waals surface area contributed by atoms with Gasteiger partial charge in [-0.1, -0.05) is 11.6 Å². The van der Waals surface area contributed by atoms with Crippen LogP contribution >= 0.6 is 11.6 Å². The van der Waals surface area contributed by atoms with Crippen molar-refractivity contribution in [3.8, 4) is 0 Å². The van der Waals surface area contributed by atoms with Crippen LogP contribution < -0.4 is 0 Å². The van der Waals surface area contributed by atoms with Gasteiger partial charge < -0.3 is 0 Å². The van der Waals surface area contributed by atoms with Crippen molar-refractivity contribution in [1.29, 1.82) is 0 Å². The lowest BCUT2D eigenvalue weighted by Gasteiger charge is -2.46. The summed E-state index contributed by atoms with van der Waals surface area (Å²) in [4.78, 5) is 16.8. The summed E-state index contributed by atoms with van der Waals surface area (Å²) in [6.45, 7) is 4.51. The molecule has 0 aliphatic carbocycles. The quantitative estimate of drug-likeness (QED) is 0.763. The van der Waals surface area contributed by atoms with Gasteiger partial charge in [-0.3, -0.25) is 14.6 Å². The van der Waals surface area contributed by atoms with E-state index in [2.05, 4.69) is 9.80 Å². The highest BCUT2D eigenvalue weighted by molar-refractivity contribution is 6.30. The molecule has 18 heavy (non-hydrogen) atoms. The van der Waals surface area contributed by atoms with E-state index in [9.17, 15) is 9.18 Å². The van der Waals surface area contributed by atoms with Gasteiger partial charge >= 0.3 is 0 Å². The van der Waals surface area contributed by atoms with E-state index in [-0.39, 0.29) is 17.4 Å². The Morgan fingerprint density at radius 1 is 1.28 bits per heavy atom. The molecular formula is C13H14ClFN2O. The normalized spacial score (nSPS) is 30.4. The van der Waals surface area contributed by atoms with Gasteiger partial charge in [0.15, 0.2) is 5.78 Å². The number of Topliss-reactive ketones (excluding diaryl/α,β-unsaturated/α-hetero) is 1. The van der Waals surface area contributed by atoms with Gasteiger partial charge in [-0.05, 0) is 18.2 Å². The summed E-state index contributed by atoms with van der Waals surface area (Å²) in [6.07, 6.45) is 0. The lowest BCUT2D eigenvalue weighted by Crippen LogP contribution is -2.63. The highest BCUT2D eigenvalue weighted by Gasteiger charge is 2.37. The maximum atomic E-state index is 13.8. The number of piperazine rings is 3. The predicted octanol–water partition coefficient (Wildman–Crippen LogP) is 1.66. The van der Waals surface area contributed by atoms with Crippen LogP contribution in [0, 0.1) is 5.82 Å². The molecule has 3 saturated heterocycles. The summed E-state index contributed by atoms with van der Waals surface area (Å²) in [6, 6.07) is 4.04. The Labute approximate surface area is 110 Å². The van der Waals surface area contributed by atoms with Crippen molar-refractivity contribution in [3.05, 3.63) is 34.6 Å². The van der Waals surface area contributed by atoms with E-state index in [1.807, 2.05) is 0 Å². The van der Waals surface area contributed by atoms with Crippen LogP contribution in [0.25, 0.3) is 0 Å². The Balaban J connectivity index is 1.86. The number of carbonyl (C=O) groups excluding carboxylic acids is 1. The van der Waals surface area contributed by atoms with E-state index >= 15 is 0 Å². The number of carbonyl (C=O) groups is 1. The summed E-state index contributed by atoms with van der Waals surface area (Å²) in [7, 11) is 0. The third-order valence-corrected chi connectivity index (χ3v) is 4.01. The first-order valence-electron chi connectivity index (χ1n) is 6.11. The van der Waals surface area contributed by atoms with Crippen LogP contribution in [0.5, 0.6) is 0 Å². The van der Waals surface area contributed by atoms with E-state index < -0.39 is 5.82 Å². The molecule has 3 aliphatic heterocycles. The zero-order valence-corrected chi connectivity index (χ0v) is 10.7. The number of halogens is 2. The third kappa shape index (κ3) is 2.05. The Bertz CT molecular complexity index is 486. The molecule has 0 saturated carbocycles. The third-order valence-electron chi connectivity index (χ3n) is 3.78. The van der Waals surface area contributed by atoms with E-state index in [4.69, 9.17) is 11.6 Å². The SMILES string of the molecule is O=C(c1ccc(Cl)cc1F)C1CN2CCN1CC2. The van der Waals surface area contributed by atoms with Crippen molar-refractivity contribution in [2.75, 3.05) is 32.7 Å². The molecule has 1 unspecified atom stereocenters. The number of rotatable bonds is 2. The molecule has 3 heterocycles. The number of hydrogen-bond donors (Lipinski definition) is 0. The minimum absolute atomic E-state index is 0.131. The molecule has 0 amide bonds. The lowest BCUT2D eigenvalue weighted by atomic mass is 9.98. The van der Waals surface area contributed by atoms with Crippen molar-refractivity contribution in [3.63, 3.8) is 0 Å². The second kappa shape index (κ2) is 4.61.